The number of piperidine rings is 1. The fraction of sp³-hybridized carbons (Fsp3) is 0.417. The van der Waals surface area contributed by atoms with Gasteiger partial charge in [0.25, 0.3) is 0 Å². The van der Waals surface area contributed by atoms with E-state index < -0.39 is 5.60 Å². The molecule has 0 unspecified atom stereocenters. The van der Waals surface area contributed by atoms with Crippen LogP contribution >= 0.6 is 0 Å². The van der Waals surface area contributed by atoms with Crippen molar-refractivity contribution < 1.29 is 19.1 Å². The zero-order valence-electron chi connectivity index (χ0n) is 17.4. The maximum atomic E-state index is 12.9. The van der Waals surface area contributed by atoms with Gasteiger partial charge in [0, 0.05) is 24.6 Å². The number of ketones is 1. The van der Waals surface area contributed by atoms with E-state index in [-0.39, 0.29) is 17.8 Å². The Morgan fingerprint density at radius 1 is 1.00 bits per heavy atom. The molecule has 5 heteroatoms. The van der Waals surface area contributed by atoms with Gasteiger partial charge in [-0.05, 0) is 51.3 Å². The molecule has 154 valence electrons. The van der Waals surface area contributed by atoms with Crippen molar-refractivity contribution in [1.82, 2.24) is 4.90 Å². The molecule has 0 radical (unpaired) electrons. The number of carbonyl (C=O) groups excluding carboxylic acids is 2. The molecular formula is C24H29NO4. The smallest absolute Gasteiger partial charge is 0.410 e. The van der Waals surface area contributed by atoms with Crippen LogP contribution in [0.5, 0.6) is 5.75 Å². The summed E-state index contributed by atoms with van der Waals surface area (Å²) in [5.74, 6) is 0.711. The number of carbonyl (C=O) groups is 2. The minimum atomic E-state index is -0.510. The summed E-state index contributed by atoms with van der Waals surface area (Å²) >= 11 is 0. The van der Waals surface area contributed by atoms with Crippen LogP contribution in [-0.4, -0.2) is 35.5 Å². The lowest BCUT2D eigenvalue weighted by molar-refractivity contribution is 0.0182. The van der Waals surface area contributed by atoms with Gasteiger partial charge in [-0.25, -0.2) is 4.79 Å². The first-order valence-corrected chi connectivity index (χ1v) is 10.1. The Labute approximate surface area is 172 Å². The molecule has 1 amide bonds. The Hall–Kier alpha value is -2.82. The van der Waals surface area contributed by atoms with E-state index in [4.69, 9.17) is 9.47 Å². The summed E-state index contributed by atoms with van der Waals surface area (Å²) in [6.45, 7) is 7.11. The molecule has 29 heavy (non-hydrogen) atoms. The van der Waals surface area contributed by atoms with Crippen molar-refractivity contribution >= 4 is 11.9 Å². The zero-order chi connectivity index (χ0) is 20.9. The second-order valence-electron chi connectivity index (χ2n) is 8.41. The SMILES string of the molecule is CC(C)(C)OC(=O)N1CCC(C(=O)c2cccc(OCc3ccccc3)c2)CC1. The van der Waals surface area contributed by atoms with Gasteiger partial charge in [0.05, 0.1) is 0 Å². The van der Waals surface area contributed by atoms with Crippen LogP contribution in [0.2, 0.25) is 0 Å². The van der Waals surface area contributed by atoms with Gasteiger partial charge in [0.15, 0.2) is 5.78 Å². The lowest BCUT2D eigenvalue weighted by Gasteiger charge is -2.33. The first-order valence-electron chi connectivity index (χ1n) is 10.1. The van der Waals surface area contributed by atoms with E-state index >= 15 is 0 Å². The first kappa shape index (κ1) is 20.9. The number of Topliss-reactive ketones (excluding diaryl/α,β-unsaturated/α-hetero) is 1. The van der Waals surface area contributed by atoms with Crippen molar-refractivity contribution in [2.24, 2.45) is 5.92 Å². The van der Waals surface area contributed by atoms with Crippen molar-refractivity contribution in [2.45, 2.75) is 45.8 Å². The van der Waals surface area contributed by atoms with Gasteiger partial charge in [0.1, 0.15) is 18.0 Å². The highest BCUT2D eigenvalue weighted by Gasteiger charge is 2.30. The first-order chi connectivity index (χ1) is 13.8. The fourth-order valence-corrected chi connectivity index (χ4v) is 3.37. The molecule has 0 spiro atoms. The summed E-state index contributed by atoms with van der Waals surface area (Å²) in [4.78, 5) is 26.8. The number of rotatable bonds is 5. The second-order valence-corrected chi connectivity index (χ2v) is 8.41. The molecule has 1 heterocycles. The highest BCUT2D eigenvalue weighted by Crippen LogP contribution is 2.25. The van der Waals surface area contributed by atoms with Gasteiger partial charge < -0.3 is 14.4 Å². The molecule has 3 rings (SSSR count). The van der Waals surface area contributed by atoms with Crippen LogP contribution in [0, 0.1) is 5.92 Å². The third kappa shape index (κ3) is 6.08. The summed E-state index contributed by atoms with van der Waals surface area (Å²) < 4.78 is 11.3. The molecule has 1 aliphatic heterocycles. The van der Waals surface area contributed by atoms with Crippen molar-refractivity contribution in [1.29, 1.82) is 0 Å². The number of nitrogens with zero attached hydrogens (tertiary/aromatic N) is 1. The Morgan fingerprint density at radius 3 is 2.34 bits per heavy atom. The molecule has 5 nitrogen and oxygen atoms in total. The summed E-state index contributed by atoms with van der Waals surface area (Å²) in [5, 5.41) is 0. The Kier molecular flexibility index (Phi) is 6.57. The van der Waals surface area contributed by atoms with Crippen molar-refractivity contribution in [3.63, 3.8) is 0 Å². The number of ether oxygens (including phenoxy) is 2. The van der Waals surface area contributed by atoms with Crippen LogP contribution in [0.4, 0.5) is 4.79 Å². The third-order valence-electron chi connectivity index (χ3n) is 4.88. The molecule has 0 atom stereocenters. The average molecular weight is 395 g/mol. The molecule has 0 saturated carbocycles. The summed E-state index contributed by atoms with van der Waals surface area (Å²) in [7, 11) is 0. The number of amides is 1. The lowest BCUT2D eigenvalue weighted by Crippen LogP contribution is -2.43. The van der Waals surface area contributed by atoms with Gasteiger partial charge >= 0.3 is 6.09 Å². The maximum Gasteiger partial charge on any atom is 0.410 e. The fourth-order valence-electron chi connectivity index (χ4n) is 3.37. The van der Waals surface area contributed by atoms with E-state index in [0.717, 1.165) is 5.56 Å². The lowest BCUT2D eigenvalue weighted by atomic mass is 9.89. The maximum absolute atomic E-state index is 12.9. The van der Waals surface area contributed by atoms with Gasteiger partial charge in [-0.3, -0.25) is 4.79 Å². The summed E-state index contributed by atoms with van der Waals surface area (Å²) in [6.07, 6.45) is 0.986. The molecule has 2 aromatic rings. The molecule has 0 aliphatic carbocycles. The molecule has 0 aromatic heterocycles. The van der Waals surface area contributed by atoms with Crippen LogP contribution < -0.4 is 4.74 Å². The monoisotopic (exact) mass is 395 g/mol. The highest BCUT2D eigenvalue weighted by atomic mass is 16.6. The highest BCUT2D eigenvalue weighted by molar-refractivity contribution is 5.98. The van der Waals surface area contributed by atoms with E-state index in [1.165, 1.54) is 0 Å². The molecule has 0 bridgehead atoms. The summed E-state index contributed by atoms with van der Waals surface area (Å²) in [5.41, 5.74) is 1.23. The molecule has 1 saturated heterocycles. The Morgan fingerprint density at radius 2 is 1.69 bits per heavy atom. The standard InChI is InChI=1S/C24H29NO4/c1-24(2,3)29-23(27)25-14-12-19(13-15-25)22(26)20-10-7-11-21(16-20)28-17-18-8-5-4-6-9-18/h4-11,16,19H,12-15,17H2,1-3H3. The van der Waals surface area contributed by atoms with E-state index in [1.807, 2.05) is 75.4 Å². The molecule has 0 N–H and O–H groups in total. The topological polar surface area (TPSA) is 55.8 Å². The molecular weight excluding hydrogens is 366 g/mol. The van der Waals surface area contributed by atoms with E-state index in [1.54, 1.807) is 4.90 Å². The Bertz CT molecular complexity index is 833. The second kappa shape index (κ2) is 9.12. The molecule has 1 fully saturated rings. The van der Waals surface area contributed by atoms with Gasteiger partial charge in [-0.1, -0.05) is 42.5 Å². The quantitative estimate of drug-likeness (QED) is 0.661. The molecule has 2 aromatic carbocycles. The van der Waals surface area contributed by atoms with Crippen molar-refractivity contribution in [2.75, 3.05) is 13.1 Å². The predicted molar refractivity (Wildman–Crippen MR) is 112 cm³/mol. The van der Waals surface area contributed by atoms with Crippen LogP contribution in [0.1, 0.15) is 49.5 Å². The number of hydrogen-bond acceptors (Lipinski definition) is 4. The van der Waals surface area contributed by atoms with Crippen LogP contribution in [0.15, 0.2) is 54.6 Å². The van der Waals surface area contributed by atoms with Gasteiger partial charge in [0.2, 0.25) is 0 Å². The van der Waals surface area contributed by atoms with Crippen LogP contribution in [0.25, 0.3) is 0 Å². The van der Waals surface area contributed by atoms with Crippen LogP contribution in [-0.2, 0) is 11.3 Å². The van der Waals surface area contributed by atoms with Gasteiger partial charge in [-0.15, -0.1) is 0 Å². The van der Waals surface area contributed by atoms with E-state index in [9.17, 15) is 9.59 Å². The minimum absolute atomic E-state index is 0.0851. The zero-order valence-corrected chi connectivity index (χ0v) is 17.4. The van der Waals surface area contributed by atoms with Crippen molar-refractivity contribution in [3.8, 4) is 5.75 Å². The number of hydrogen-bond donors (Lipinski definition) is 0. The van der Waals surface area contributed by atoms with Crippen molar-refractivity contribution in [3.05, 3.63) is 65.7 Å². The Balaban J connectivity index is 1.55. The third-order valence-corrected chi connectivity index (χ3v) is 4.88. The van der Waals surface area contributed by atoms with E-state index in [0.29, 0.717) is 43.9 Å². The predicted octanol–water partition coefficient (Wildman–Crippen LogP) is 5.10. The van der Waals surface area contributed by atoms with Gasteiger partial charge in [-0.2, -0.15) is 0 Å². The largest absolute Gasteiger partial charge is 0.489 e. The molecule has 1 aliphatic rings. The average Bonchev–Trinajstić information content (AvgIpc) is 2.71. The summed E-state index contributed by atoms with van der Waals surface area (Å²) in [6, 6.07) is 17.3. The number of likely N-dealkylation sites (tertiary alicyclic amines) is 1. The normalized spacial score (nSPS) is 15.1. The van der Waals surface area contributed by atoms with Crippen LogP contribution in [0.3, 0.4) is 0 Å². The number of benzene rings is 2. The minimum Gasteiger partial charge on any atom is -0.489 e. The van der Waals surface area contributed by atoms with E-state index in [2.05, 4.69) is 0 Å².